The molecule has 2 aromatic carbocycles. The Bertz CT molecular complexity index is 1720. The van der Waals surface area contributed by atoms with E-state index in [1.165, 1.54) is 7.11 Å². The molecule has 0 aliphatic rings. The fourth-order valence-electron chi connectivity index (χ4n) is 4.08. The predicted molar refractivity (Wildman–Crippen MR) is 130 cm³/mol. The molecule has 0 saturated heterocycles. The zero-order valence-corrected chi connectivity index (χ0v) is 20.0. The fourth-order valence-corrected chi connectivity index (χ4v) is 4.08. The third-order valence-corrected chi connectivity index (χ3v) is 5.89. The van der Waals surface area contributed by atoms with E-state index in [2.05, 4.69) is 15.1 Å². The van der Waals surface area contributed by atoms with Crippen LogP contribution in [0.15, 0.2) is 57.7 Å². The van der Waals surface area contributed by atoms with Crippen LogP contribution >= 0.6 is 0 Å². The van der Waals surface area contributed by atoms with Gasteiger partial charge in [0, 0.05) is 11.3 Å². The molecule has 0 aliphatic carbocycles. The summed E-state index contributed by atoms with van der Waals surface area (Å²) in [7, 11) is 1.42. The van der Waals surface area contributed by atoms with Crippen molar-refractivity contribution in [3.8, 4) is 28.3 Å². The number of rotatable bonds is 6. The van der Waals surface area contributed by atoms with Crippen LogP contribution in [0.1, 0.15) is 16.2 Å². The van der Waals surface area contributed by atoms with E-state index >= 15 is 0 Å². The zero-order valence-electron chi connectivity index (χ0n) is 20.0. The van der Waals surface area contributed by atoms with Crippen LogP contribution in [0, 0.1) is 6.92 Å². The van der Waals surface area contributed by atoms with Crippen LogP contribution in [-0.4, -0.2) is 56.5 Å². The Morgan fingerprint density at radius 2 is 1.89 bits per heavy atom. The molecule has 5 rings (SSSR count). The first-order chi connectivity index (χ1) is 18.1. The van der Waals surface area contributed by atoms with Gasteiger partial charge in [-0.25, -0.2) is 14.5 Å². The number of carbonyl (C=O) groups excluding carboxylic acids is 1. The topological polar surface area (TPSA) is 135 Å². The van der Waals surface area contributed by atoms with Gasteiger partial charge in [-0.1, -0.05) is 36.4 Å². The molecule has 13 heteroatoms. The fraction of sp³-hybridized carbons (Fsp3) is 0.200. The number of carbonyl (C=O) groups is 1. The summed E-state index contributed by atoms with van der Waals surface area (Å²) in [5.74, 6) is -1.07. The lowest BCUT2D eigenvalue weighted by Gasteiger charge is -2.15. The number of amides is 1. The second-order valence-corrected chi connectivity index (χ2v) is 8.37. The molecule has 1 unspecified atom stereocenters. The van der Waals surface area contributed by atoms with Gasteiger partial charge >= 0.3 is 6.18 Å². The van der Waals surface area contributed by atoms with Crippen LogP contribution in [0.2, 0.25) is 0 Å². The third kappa shape index (κ3) is 4.26. The third-order valence-electron chi connectivity index (χ3n) is 5.89. The molecule has 3 aromatic heterocycles. The number of oxazole rings is 1. The summed E-state index contributed by atoms with van der Waals surface area (Å²) in [5, 5.41) is 14.3. The summed E-state index contributed by atoms with van der Waals surface area (Å²) < 4.78 is 50.7. The van der Waals surface area contributed by atoms with E-state index in [9.17, 15) is 27.9 Å². The van der Waals surface area contributed by atoms with Gasteiger partial charge in [-0.15, -0.1) is 0 Å². The number of nitrogens with zero attached hydrogens (tertiary/aromatic N) is 3. The summed E-state index contributed by atoms with van der Waals surface area (Å²) in [6.45, 7) is 0.557. The van der Waals surface area contributed by atoms with E-state index in [1.807, 2.05) is 5.32 Å². The molecule has 5 aromatic rings. The van der Waals surface area contributed by atoms with Crippen molar-refractivity contribution in [3.05, 3.63) is 70.3 Å². The Labute approximate surface area is 211 Å². The second kappa shape index (κ2) is 9.34. The number of aryl methyl sites for hydroxylation is 1. The highest BCUT2D eigenvalue weighted by molar-refractivity contribution is 5.99. The Morgan fingerprint density at radius 3 is 2.58 bits per heavy atom. The van der Waals surface area contributed by atoms with E-state index < -0.39 is 36.0 Å². The minimum atomic E-state index is -4.96. The summed E-state index contributed by atoms with van der Waals surface area (Å²) >= 11 is 0. The van der Waals surface area contributed by atoms with Gasteiger partial charge in [0.25, 0.3) is 11.5 Å². The molecule has 196 valence electrons. The van der Waals surface area contributed by atoms with Crippen LogP contribution in [0.25, 0.3) is 39.3 Å². The summed E-state index contributed by atoms with van der Waals surface area (Å²) in [6, 6.07) is 13.8. The molecular formula is C25H20F3N5O5. The highest BCUT2D eigenvalue weighted by Crippen LogP contribution is 2.32. The number of aromatic nitrogens is 4. The molecule has 1 amide bonds. The van der Waals surface area contributed by atoms with Crippen LogP contribution < -0.4 is 15.6 Å². The lowest BCUT2D eigenvalue weighted by molar-refractivity contribution is -0.201. The number of benzene rings is 2. The average Bonchev–Trinajstić information content (AvgIpc) is 3.47. The SMILES string of the molecule is COc1cccc2oc(-c3c(C(=O)NCC(O)C(F)(F)F)nc4c(-c5ccccc5)c(C)[nH]n4c3=O)nc12. The quantitative estimate of drug-likeness (QED) is 0.308. The number of hydrogen-bond donors (Lipinski definition) is 3. The molecule has 0 fully saturated rings. The summed E-state index contributed by atoms with van der Waals surface area (Å²) in [4.78, 5) is 35.6. The Hall–Kier alpha value is -4.65. The average molecular weight is 527 g/mol. The van der Waals surface area contributed by atoms with Gasteiger partial charge in [-0.2, -0.15) is 13.2 Å². The van der Waals surface area contributed by atoms with Crippen molar-refractivity contribution < 1.29 is 32.2 Å². The normalized spacial score (nSPS) is 12.7. The van der Waals surface area contributed by atoms with Crippen molar-refractivity contribution in [1.29, 1.82) is 0 Å². The van der Waals surface area contributed by atoms with Gasteiger partial charge < -0.3 is 19.6 Å². The predicted octanol–water partition coefficient (Wildman–Crippen LogP) is 3.47. The molecular weight excluding hydrogens is 507 g/mol. The van der Waals surface area contributed by atoms with Gasteiger partial charge in [-0.05, 0) is 24.6 Å². The first kappa shape index (κ1) is 25.0. The maximum Gasteiger partial charge on any atom is 0.416 e. The second-order valence-electron chi connectivity index (χ2n) is 8.37. The lowest BCUT2D eigenvalue weighted by Crippen LogP contribution is -2.41. The zero-order chi connectivity index (χ0) is 27.2. The first-order valence-corrected chi connectivity index (χ1v) is 11.3. The molecule has 0 saturated carbocycles. The lowest BCUT2D eigenvalue weighted by atomic mass is 10.1. The smallest absolute Gasteiger partial charge is 0.416 e. The van der Waals surface area contributed by atoms with Crippen molar-refractivity contribution in [2.75, 3.05) is 13.7 Å². The van der Waals surface area contributed by atoms with E-state index in [0.29, 0.717) is 22.6 Å². The molecule has 0 aliphatic heterocycles. The number of hydrogen-bond acceptors (Lipinski definition) is 7. The van der Waals surface area contributed by atoms with Crippen molar-refractivity contribution in [3.63, 3.8) is 0 Å². The van der Waals surface area contributed by atoms with Crippen molar-refractivity contribution in [1.82, 2.24) is 24.9 Å². The van der Waals surface area contributed by atoms with Crippen molar-refractivity contribution in [2.24, 2.45) is 0 Å². The molecule has 0 spiro atoms. The van der Waals surface area contributed by atoms with Crippen LogP contribution in [-0.2, 0) is 0 Å². The number of nitrogens with one attached hydrogen (secondary N) is 2. The number of aromatic amines is 1. The summed E-state index contributed by atoms with van der Waals surface area (Å²) in [5.41, 5.74) is 0.649. The van der Waals surface area contributed by atoms with Gasteiger partial charge in [0.1, 0.15) is 17.0 Å². The number of ether oxygens (including phenoxy) is 1. The highest BCUT2D eigenvalue weighted by Gasteiger charge is 2.38. The maximum absolute atomic E-state index is 13.7. The van der Waals surface area contributed by atoms with Crippen molar-refractivity contribution in [2.45, 2.75) is 19.2 Å². The largest absolute Gasteiger partial charge is 0.494 e. The maximum atomic E-state index is 13.7. The van der Waals surface area contributed by atoms with Crippen LogP contribution in [0.4, 0.5) is 13.2 Å². The van der Waals surface area contributed by atoms with Crippen molar-refractivity contribution >= 4 is 22.7 Å². The van der Waals surface area contributed by atoms with Gasteiger partial charge in [0.2, 0.25) is 5.89 Å². The number of alkyl halides is 3. The van der Waals surface area contributed by atoms with Crippen LogP contribution in [0.3, 0.4) is 0 Å². The van der Waals surface area contributed by atoms with Gasteiger partial charge in [0.15, 0.2) is 22.9 Å². The molecule has 38 heavy (non-hydrogen) atoms. The number of fused-ring (bicyclic) bond motifs is 2. The minimum absolute atomic E-state index is 0.0673. The van der Waals surface area contributed by atoms with Gasteiger partial charge in [0.05, 0.1) is 13.7 Å². The molecule has 10 nitrogen and oxygen atoms in total. The molecule has 3 heterocycles. The summed E-state index contributed by atoms with van der Waals surface area (Å²) in [6.07, 6.45) is -7.77. The Balaban J connectivity index is 1.74. The Kier molecular flexibility index (Phi) is 6.15. The van der Waals surface area contributed by atoms with E-state index in [4.69, 9.17) is 9.15 Å². The molecule has 0 bridgehead atoms. The number of aliphatic hydroxyl groups is 1. The molecule has 0 radical (unpaired) electrons. The number of para-hydroxylation sites is 1. The van der Waals surface area contributed by atoms with E-state index in [-0.39, 0.29) is 28.2 Å². The monoisotopic (exact) mass is 527 g/mol. The highest BCUT2D eigenvalue weighted by atomic mass is 19.4. The van der Waals surface area contributed by atoms with Gasteiger partial charge in [-0.3, -0.25) is 14.7 Å². The number of methoxy groups -OCH3 is 1. The standard InChI is InChI=1S/C25H20F3N5O5/c1-12-17(13-7-4-3-5-8-13)21-30-20(22(35)29-11-16(34)25(26,27)28)18(24(36)33(21)32-12)23-31-19-14(37-2)9-6-10-15(19)38-23/h3-10,16,32,34H,11H2,1-2H3,(H,29,35). The van der Waals surface area contributed by atoms with Crippen LogP contribution in [0.5, 0.6) is 5.75 Å². The number of halogens is 3. The minimum Gasteiger partial charge on any atom is -0.494 e. The number of H-pyrrole nitrogens is 1. The first-order valence-electron chi connectivity index (χ1n) is 11.3. The van der Waals surface area contributed by atoms with E-state index in [0.717, 1.165) is 4.52 Å². The number of aliphatic hydroxyl groups excluding tert-OH is 1. The molecule has 3 N–H and O–H groups in total. The van der Waals surface area contributed by atoms with E-state index in [1.54, 1.807) is 55.5 Å². The Morgan fingerprint density at radius 1 is 1.16 bits per heavy atom. The molecule has 1 atom stereocenters.